The maximum atomic E-state index is 13.0. The third-order valence-electron chi connectivity index (χ3n) is 4.24. The number of aryl methyl sites for hydroxylation is 1. The lowest BCUT2D eigenvalue weighted by molar-refractivity contribution is 0.0722. The van der Waals surface area contributed by atoms with Gasteiger partial charge in [0, 0.05) is 33.0 Å². The Morgan fingerprint density at radius 1 is 1.43 bits per heavy atom. The van der Waals surface area contributed by atoms with Crippen LogP contribution in [0, 0.1) is 6.92 Å². The first-order valence-corrected chi connectivity index (χ1v) is 7.98. The van der Waals surface area contributed by atoms with Crippen LogP contribution in [0.15, 0.2) is 30.7 Å². The number of hydrogen-bond acceptors (Lipinski definition) is 4. The topological polar surface area (TPSA) is 54.3 Å². The zero-order valence-electron chi connectivity index (χ0n) is 13.9. The van der Waals surface area contributed by atoms with Gasteiger partial charge >= 0.3 is 0 Å². The largest absolute Gasteiger partial charge is 0.362 e. The van der Waals surface area contributed by atoms with Crippen LogP contribution in [0.5, 0.6) is 0 Å². The van der Waals surface area contributed by atoms with E-state index in [0.717, 1.165) is 37.3 Å². The van der Waals surface area contributed by atoms with Gasteiger partial charge in [-0.2, -0.15) is 5.10 Å². The third-order valence-corrected chi connectivity index (χ3v) is 4.24. The number of aromatic nitrogens is 3. The van der Waals surface area contributed by atoms with E-state index in [1.165, 1.54) is 0 Å². The molecule has 0 aromatic carbocycles. The van der Waals surface area contributed by atoms with Crippen molar-refractivity contribution in [2.45, 2.75) is 32.4 Å². The fraction of sp³-hybridized carbons (Fsp3) is 0.471. The van der Waals surface area contributed by atoms with Gasteiger partial charge in [-0.1, -0.05) is 0 Å². The monoisotopic (exact) mass is 313 g/mol. The molecule has 1 aliphatic heterocycles. The first-order chi connectivity index (χ1) is 11.1. The Labute approximate surface area is 136 Å². The van der Waals surface area contributed by atoms with Crippen molar-refractivity contribution >= 4 is 11.7 Å². The molecule has 1 amide bonds. The van der Waals surface area contributed by atoms with Gasteiger partial charge in [0.1, 0.15) is 5.82 Å². The van der Waals surface area contributed by atoms with E-state index in [1.807, 2.05) is 60.0 Å². The van der Waals surface area contributed by atoms with Crippen molar-refractivity contribution in [2.24, 2.45) is 0 Å². The first kappa shape index (κ1) is 15.5. The van der Waals surface area contributed by atoms with E-state index in [-0.39, 0.29) is 11.9 Å². The number of carbonyl (C=O) groups excluding carboxylic acids is 1. The van der Waals surface area contributed by atoms with Crippen LogP contribution in [-0.2, 0) is 6.54 Å². The van der Waals surface area contributed by atoms with Gasteiger partial charge < -0.3 is 9.80 Å². The van der Waals surface area contributed by atoms with Crippen molar-refractivity contribution in [1.29, 1.82) is 0 Å². The summed E-state index contributed by atoms with van der Waals surface area (Å²) in [6, 6.07) is 3.87. The molecule has 23 heavy (non-hydrogen) atoms. The quantitative estimate of drug-likeness (QED) is 0.866. The minimum Gasteiger partial charge on any atom is -0.362 e. The molecule has 0 aliphatic carbocycles. The molecule has 1 saturated heterocycles. The lowest BCUT2D eigenvalue weighted by atomic mass is 10.1. The molecule has 1 atom stereocenters. The predicted molar refractivity (Wildman–Crippen MR) is 89.6 cm³/mol. The molecule has 0 unspecified atom stereocenters. The van der Waals surface area contributed by atoms with Crippen LogP contribution in [0.25, 0.3) is 0 Å². The molecule has 122 valence electrons. The summed E-state index contributed by atoms with van der Waals surface area (Å²) in [5.41, 5.74) is 1.81. The molecule has 2 aromatic rings. The van der Waals surface area contributed by atoms with Crippen LogP contribution in [-0.4, -0.2) is 52.3 Å². The molecule has 0 radical (unpaired) electrons. The number of pyridine rings is 1. The van der Waals surface area contributed by atoms with Crippen molar-refractivity contribution in [2.75, 3.05) is 25.5 Å². The van der Waals surface area contributed by atoms with Gasteiger partial charge in [-0.05, 0) is 37.5 Å². The standard InChI is InChI=1S/C17H23N5O/c1-13-10-19-21(11-13)12-14-6-5-9-22(14)17(23)15-7-4-8-18-16(15)20(2)3/h4,7-8,10-11,14H,5-6,9,12H2,1-3H3/t14-/m0/s1. The van der Waals surface area contributed by atoms with Gasteiger partial charge in [-0.3, -0.25) is 9.48 Å². The molecule has 1 aliphatic rings. The molecule has 0 spiro atoms. The summed E-state index contributed by atoms with van der Waals surface area (Å²) < 4.78 is 1.93. The summed E-state index contributed by atoms with van der Waals surface area (Å²) in [6.45, 7) is 3.57. The molecule has 6 heteroatoms. The van der Waals surface area contributed by atoms with Crippen molar-refractivity contribution < 1.29 is 4.79 Å². The van der Waals surface area contributed by atoms with Crippen molar-refractivity contribution in [1.82, 2.24) is 19.7 Å². The first-order valence-electron chi connectivity index (χ1n) is 7.98. The van der Waals surface area contributed by atoms with E-state index in [9.17, 15) is 4.79 Å². The average Bonchev–Trinajstić information content (AvgIpc) is 3.16. The Morgan fingerprint density at radius 2 is 2.26 bits per heavy atom. The predicted octanol–water partition coefficient (Wildman–Crippen LogP) is 1.96. The van der Waals surface area contributed by atoms with Crippen LogP contribution in [0.1, 0.15) is 28.8 Å². The fourth-order valence-electron chi connectivity index (χ4n) is 3.15. The van der Waals surface area contributed by atoms with Gasteiger partial charge in [0.2, 0.25) is 0 Å². The fourth-order valence-corrected chi connectivity index (χ4v) is 3.15. The lowest BCUT2D eigenvalue weighted by Crippen LogP contribution is -2.38. The van der Waals surface area contributed by atoms with Gasteiger partial charge in [-0.25, -0.2) is 4.98 Å². The van der Waals surface area contributed by atoms with Gasteiger partial charge in [-0.15, -0.1) is 0 Å². The third kappa shape index (κ3) is 3.21. The van der Waals surface area contributed by atoms with E-state index in [2.05, 4.69) is 10.1 Å². The van der Waals surface area contributed by atoms with Crippen molar-refractivity contribution in [3.8, 4) is 0 Å². The van der Waals surface area contributed by atoms with Gasteiger partial charge in [0.15, 0.2) is 0 Å². The zero-order chi connectivity index (χ0) is 16.4. The number of carbonyl (C=O) groups is 1. The summed E-state index contributed by atoms with van der Waals surface area (Å²) in [6.07, 6.45) is 7.65. The Morgan fingerprint density at radius 3 is 2.96 bits per heavy atom. The highest BCUT2D eigenvalue weighted by atomic mass is 16.2. The Kier molecular flexibility index (Phi) is 4.32. The van der Waals surface area contributed by atoms with E-state index >= 15 is 0 Å². The number of nitrogens with zero attached hydrogens (tertiary/aromatic N) is 5. The van der Waals surface area contributed by atoms with Crippen LogP contribution in [0.3, 0.4) is 0 Å². The molecule has 0 bridgehead atoms. The van der Waals surface area contributed by atoms with Crippen molar-refractivity contribution in [3.05, 3.63) is 41.9 Å². The molecule has 0 N–H and O–H groups in total. The molecule has 1 fully saturated rings. The second-order valence-electron chi connectivity index (χ2n) is 6.30. The lowest BCUT2D eigenvalue weighted by Gasteiger charge is -2.26. The normalized spacial score (nSPS) is 17.5. The number of amides is 1. The molecule has 0 saturated carbocycles. The average molecular weight is 313 g/mol. The maximum absolute atomic E-state index is 13.0. The molecule has 3 heterocycles. The van der Waals surface area contributed by atoms with Gasteiger partial charge in [0.25, 0.3) is 5.91 Å². The van der Waals surface area contributed by atoms with E-state index < -0.39 is 0 Å². The molecule has 6 nitrogen and oxygen atoms in total. The van der Waals surface area contributed by atoms with E-state index in [4.69, 9.17) is 0 Å². The highest BCUT2D eigenvalue weighted by Gasteiger charge is 2.31. The SMILES string of the molecule is Cc1cnn(C[C@@H]2CCCN2C(=O)c2cccnc2N(C)C)c1. The summed E-state index contributed by atoms with van der Waals surface area (Å²) >= 11 is 0. The summed E-state index contributed by atoms with van der Waals surface area (Å²) in [4.78, 5) is 21.2. The highest BCUT2D eigenvalue weighted by Crippen LogP contribution is 2.24. The molecule has 2 aromatic heterocycles. The molecule has 3 rings (SSSR count). The smallest absolute Gasteiger partial charge is 0.257 e. The number of hydrogen-bond donors (Lipinski definition) is 0. The number of likely N-dealkylation sites (tertiary alicyclic amines) is 1. The van der Waals surface area contributed by atoms with Gasteiger partial charge in [0.05, 0.1) is 24.3 Å². The minimum absolute atomic E-state index is 0.0631. The van der Waals surface area contributed by atoms with Crippen LogP contribution in [0.4, 0.5) is 5.82 Å². The highest BCUT2D eigenvalue weighted by molar-refractivity contribution is 5.99. The van der Waals surface area contributed by atoms with Crippen molar-refractivity contribution in [3.63, 3.8) is 0 Å². The number of rotatable bonds is 4. The Hall–Kier alpha value is -2.37. The molecular formula is C17H23N5O. The summed E-state index contributed by atoms with van der Waals surface area (Å²) in [5, 5.41) is 4.35. The van der Waals surface area contributed by atoms with Crippen LogP contribution in [0.2, 0.25) is 0 Å². The summed E-state index contributed by atoms with van der Waals surface area (Å²) in [5.74, 6) is 0.784. The van der Waals surface area contributed by atoms with E-state index in [1.54, 1.807) is 6.20 Å². The van der Waals surface area contributed by atoms with Crippen LogP contribution >= 0.6 is 0 Å². The van der Waals surface area contributed by atoms with Crippen LogP contribution < -0.4 is 4.90 Å². The Balaban J connectivity index is 1.81. The Bertz CT molecular complexity index is 694. The summed E-state index contributed by atoms with van der Waals surface area (Å²) in [7, 11) is 3.82. The second-order valence-corrected chi connectivity index (χ2v) is 6.30. The number of anilines is 1. The van der Waals surface area contributed by atoms with E-state index in [0.29, 0.717) is 5.56 Å². The maximum Gasteiger partial charge on any atom is 0.257 e. The second kappa shape index (κ2) is 6.40. The minimum atomic E-state index is 0.0631. The molecular weight excluding hydrogens is 290 g/mol. The zero-order valence-corrected chi connectivity index (χ0v) is 13.9.